The zero-order chi connectivity index (χ0) is 22.8. The number of carbonyl (C=O) groups is 1. The van der Waals surface area contributed by atoms with Crippen LogP contribution in [0.3, 0.4) is 0 Å². The van der Waals surface area contributed by atoms with E-state index < -0.39 is 5.91 Å². The van der Waals surface area contributed by atoms with E-state index >= 15 is 0 Å². The quantitative estimate of drug-likeness (QED) is 0.434. The van der Waals surface area contributed by atoms with Gasteiger partial charge in [0, 0.05) is 35.6 Å². The van der Waals surface area contributed by atoms with Crippen molar-refractivity contribution in [2.45, 2.75) is 0 Å². The van der Waals surface area contributed by atoms with E-state index in [1.165, 1.54) is 6.33 Å². The van der Waals surface area contributed by atoms with Gasteiger partial charge in [-0.25, -0.2) is 9.97 Å². The lowest BCUT2D eigenvalue weighted by molar-refractivity contribution is 0.100. The minimum absolute atomic E-state index is 0.310. The van der Waals surface area contributed by atoms with E-state index in [1.807, 2.05) is 24.3 Å². The highest BCUT2D eigenvalue weighted by molar-refractivity contribution is 6.01. The van der Waals surface area contributed by atoms with Crippen molar-refractivity contribution in [2.24, 2.45) is 5.73 Å². The van der Waals surface area contributed by atoms with E-state index in [0.29, 0.717) is 46.8 Å². The zero-order valence-corrected chi connectivity index (χ0v) is 17.7. The van der Waals surface area contributed by atoms with E-state index in [9.17, 15) is 9.59 Å². The van der Waals surface area contributed by atoms with Gasteiger partial charge >= 0.3 is 0 Å². The first-order valence-electron chi connectivity index (χ1n) is 10.6. The normalized spacial score (nSPS) is 13.8. The molecule has 33 heavy (non-hydrogen) atoms. The van der Waals surface area contributed by atoms with Crippen LogP contribution in [0.25, 0.3) is 22.2 Å². The van der Waals surface area contributed by atoms with Gasteiger partial charge in [0.1, 0.15) is 11.2 Å². The second kappa shape index (κ2) is 8.71. The van der Waals surface area contributed by atoms with Crippen molar-refractivity contribution in [1.82, 2.24) is 15.0 Å². The maximum Gasteiger partial charge on any atom is 0.262 e. The zero-order valence-electron chi connectivity index (χ0n) is 17.7. The molecule has 1 aliphatic heterocycles. The molecule has 5 rings (SSSR count). The first-order valence-corrected chi connectivity index (χ1v) is 10.6. The van der Waals surface area contributed by atoms with Gasteiger partial charge in [0.2, 0.25) is 5.91 Å². The van der Waals surface area contributed by atoms with Crippen LogP contribution in [0.1, 0.15) is 10.4 Å². The highest BCUT2D eigenvalue weighted by Crippen LogP contribution is 2.29. The number of ether oxygens (including phenoxy) is 1. The molecule has 4 N–H and O–H groups in total. The molecule has 9 heteroatoms. The van der Waals surface area contributed by atoms with Crippen molar-refractivity contribution in [1.29, 1.82) is 0 Å². The number of H-pyrrole nitrogens is 1. The molecule has 0 unspecified atom stereocenters. The fraction of sp³-hybridized carbons (Fsp3) is 0.167. The number of amides is 1. The average Bonchev–Trinajstić information content (AvgIpc) is 2.85. The molecule has 3 heterocycles. The van der Waals surface area contributed by atoms with Crippen LogP contribution in [0.15, 0.2) is 65.7 Å². The summed E-state index contributed by atoms with van der Waals surface area (Å²) in [5, 5.41) is 3.58. The van der Waals surface area contributed by atoms with Crippen LogP contribution >= 0.6 is 0 Å². The van der Waals surface area contributed by atoms with Crippen molar-refractivity contribution in [2.75, 3.05) is 36.5 Å². The first-order chi connectivity index (χ1) is 16.1. The number of carbonyl (C=O) groups excluding carboxylic acids is 1. The van der Waals surface area contributed by atoms with Crippen LogP contribution in [-0.4, -0.2) is 47.2 Å². The number of hydrogen-bond acceptors (Lipinski definition) is 7. The number of hydrogen-bond donors (Lipinski definition) is 3. The Morgan fingerprint density at radius 2 is 1.85 bits per heavy atom. The van der Waals surface area contributed by atoms with Crippen molar-refractivity contribution in [3.63, 3.8) is 0 Å². The van der Waals surface area contributed by atoms with Gasteiger partial charge in [-0.2, -0.15) is 0 Å². The number of pyridine rings is 1. The number of morpholine rings is 1. The molecule has 2 aromatic heterocycles. The number of nitrogens with zero attached hydrogens (tertiary/aromatic N) is 3. The summed E-state index contributed by atoms with van der Waals surface area (Å²) in [7, 11) is 0. The molecule has 1 saturated heterocycles. The number of anilines is 3. The fourth-order valence-electron chi connectivity index (χ4n) is 3.95. The molecule has 1 amide bonds. The lowest BCUT2D eigenvalue weighted by Gasteiger charge is -2.28. The molecular formula is C24H22N6O3. The molecule has 4 aromatic rings. The molecule has 0 radical (unpaired) electrons. The monoisotopic (exact) mass is 442 g/mol. The molecule has 0 bridgehead atoms. The lowest BCUT2D eigenvalue weighted by Crippen LogP contribution is -2.36. The summed E-state index contributed by atoms with van der Waals surface area (Å²) in [5.74, 6) is -0.213. The minimum Gasteiger partial charge on any atom is -0.378 e. The van der Waals surface area contributed by atoms with Gasteiger partial charge in [-0.05, 0) is 36.4 Å². The second-order valence-electron chi connectivity index (χ2n) is 7.66. The summed E-state index contributed by atoms with van der Waals surface area (Å²) in [6, 6.07) is 16.5. The molecular weight excluding hydrogens is 420 g/mol. The smallest absolute Gasteiger partial charge is 0.262 e. The molecule has 2 aromatic carbocycles. The summed E-state index contributed by atoms with van der Waals surface area (Å²) >= 11 is 0. The topological polar surface area (TPSA) is 126 Å². The number of benzene rings is 2. The highest BCUT2D eigenvalue weighted by Gasteiger charge is 2.16. The maximum atomic E-state index is 12.6. The van der Waals surface area contributed by atoms with Crippen LogP contribution in [0.4, 0.5) is 17.2 Å². The van der Waals surface area contributed by atoms with Crippen molar-refractivity contribution >= 4 is 34.0 Å². The maximum absolute atomic E-state index is 12.6. The SMILES string of the molecule is NC(=O)c1ccccc1-c1cc2nc[nH]c(=O)c2c(Nc2ccc(N3CCOCC3)cc2)n1. The summed E-state index contributed by atoms with van der Waals surface area (Å²) in [4.78, 5) is 38.4. The van der Waals surface area contributed by atoms with Gasteiger partial charge in [0.05, 0.1) is 30.8 Å². The Morgan fingerprint density at radius 1 is 1.09 bits per heavy atom. The van der Waals surface area contributed by atoms with Gasteiger partial charge in [-0.1, -0.05) is 18.2 Å². The van der Waals surface area contributed by atoms with E-state index in [1.54, 1.807) is 30.3 Å². The summed E-state index contributed by atoms with van der Waals surface area (Å²) in [5.41, 5.74) is 8.98. The predicted octanol–water partition coefficient (Wildman–Crippen LogP) is 2.66. The Balaban J connectivity index is 1.56. The first kappa shape index (κ1) is 20.7. The lowest BCUT2D eigenvalue weighted by atomic mass is 10.0. The molecule has 0 spiro atoms. The minimum atomic E-state index is -0.556. The number of nitrogens with two attached hydrogens (primary N) is 1. The van der Waals surface area contributed by atoms with Crippen LogP contribution in [-0.2, 0) is 4.74 Å². The number of aromatic amines is 1. The van der Waals surface area contributed by atoms with Gasteiger partial charge in [0.25, 0.3) is 5.56 Å². The van der Waals surface area contributed by atoms with E-state index in [0.717, 1.165) is 24.5 Å². The number of nitrogens with one attached hydrogen (secondary N) is 2. The van der Waals surface area contributed by atoms with Crippen molar-refractivity contribution in [3.05, 3.63) is 76.8 Å². The summed E-state index contributed by atoms with van der Waals surface area (Å²) in [6.45, 7) is 3.12. The van der Waals surface area contributed by atoms with E-state index in [2.05, 4.69) is 25.2 Å². The summed E-state index contributed by atoms with van der Waals surface area (Å²) < 4.78 is 5.42. The Kier molecular flexibility index (Phi) is 5.45. The Bertz CT molecular complexity index is 1380. The highest BCUT2D eigenvalue weighted by atomic mass is 16.5. The van der Waals surface area contributed by atoms with Gasteiger partial charge in [0.15, 0.2) is 0 Å². The van der Waals surface area contributed by atoms with Gasteiger partial charge in [-0.3, -0.25) is 9.59 Å². The van der Waals surface area contributed by atoms with Gasteiger partial charge < -0.3 is 25.7 Å². The number of primary amides is 1. The Morgan fingerprint density at radius 3 is 2.61 bits per heavy atom. The molecule has 0 atom stereocenters. The largest absolute Gasteiger partial charge is 0.378 e. The molecule has 9 nitrogen and oxygen atoms in total. The summed E-state index contributed by atoms with van der Waals surface area (Å²) in [6.07, 6.45) is 1.34. The van der Waals surface area contributed by atoms with Gasteiger partial charge in [-0.15, -0.1) is 0 Å². The van der Waals surface area contributed by atoms with E-state index in [-0.39, 0.29) is 5.56 Å². The van der Waals surface area contributed by atoms with Crippen LogP contribution in [0.2, 0.25) is 0 Å². The molecule has 0 saturated carbocycles. The second-order valence-corrected chi connectivity index (χ2v) is 7.66. The van der Waals surface area contributed by atoms with Crippen molar-refractivity contribution in [3.8, 4) is 11.3 Å². The van der Waals surface area contributed by atoms with Crippen LogP contribution in [0, 0.1) is 0 Å². The molecule has 0 aliphatic carbocycles. The van der Waals surface area contributed by atoms with E-state index in [4.69, 9.17) is 10.5 Å². The average molecular weight is 442 g/mol. The Labute approximate surface area is 189 Å². The third kappa shape index (κ3) is 4.13. The fourth-order valence-corrected chi connectivity index (χ4v) is 3.95. The Hall–Kier alpha value is -4.24. The standard InChI is InChI=1S/C24H22N6O3/c25-22(31)18-4-2-1-3-17(18)19-13-20-21(24(32)27-14-26-20)23(29-19)28-15-5-7-16(8-6-15)30-9-11-33-12-10-30/h1-8,13-14H,9-12H2,(H2,25,31)(H,28,29)(H,26,27,32). The van der Waals surface area contributed by atoms with Crippen molar-refractivity contribution < 1.29 is 9.53 Å². The molecule has 166 valence electrons. The number of aromatic nitrogens is 3. The predicted molar refractivity (Wildman–Crippen MR) is 127 cm³/mol. The number of fused-ring (bicyclic) bond motifs is 1. The van der Waals surface area contributed by atoms with Crippen LogP contribution < -0.4 is 21.5 Å². The molecule has 1 fully saturated rings. The van der Waals surface area contributed by atoms with Crippen LogP contribution in [0.5, 0.6) is 0 Å². The number of rotatable bonds is 5. The third-order valence-electron chi connectivity index (χ3n) is 5.60. The third-order valence-corrected chi connectivity index (χ3v) is 5.60. The molecule has 1 aliphatic rings.